The van der Waals surface area contributed by atoms with Crippen LogP contribution in [-0.4, -0.2) is 23.0 Å². The molecule has 0 atom stereocenters. The van der Waals surface area contributed by atoms with Crippen molar-refractivity contribution in [2.75, 3.05) is 0 Å². The van der Waals surface area contributed by atoms with Gasteiger partial charge in [0, 0.05) is 18.2 Å². The monoisotopic (exact) mass is 407 g/mol. The number of carbonyl (C=O) groups excluding carboxylic acids is 1. The van der Waals surface area contributed by atoms with Gasteiger partial charge in [-0.15, -0.1) is 0 Å². The fourth-order valence-electron chi connectivity index (χ4n) is 3.16. The lowest BCUT2D eigenvalue weighted by Gasteiger charge is -2.29. The van der Waals surface area contributed by atoms with Crippen LogP contribution in [0, 0.1) is 11.6 Å². The highest BCUT2D eigenvalue weighted by molar-refractivity contribution is 6.30. The van der Waals surface area contributed by atoms with Crippen LogP contribution in [0.15, 0.2) is 43.2 Å². The number of pyridine rings is 1. The van der Waals surface area contributed by atoms with E-state index < -0.39 is 17.5 Å². The van der Waals surface area contributed by atoms with Gasteiger partial charge in [-0.2, -0.15) is 0 Å². The molecule has 1 aliphatic rings. The van der Waals surface area contributed by atoms with Gasteiger partial charge in [-0.3, -0.25) is 4.79 Å². The van der Waals surface area contributed by atoms with Crippen LogP contribution in [-0.2, 0) is 0 Å². The molecule has 8 heteroatoms. The zero-order valence-corrected chi connectivity index (χ0v) is 15.8. The second kappa shape index (κ2) is 9.01. The first-order valence-corrected chi connectivity index (χ1v) is 9.30. The van der Waals surface area contributed by atoms with E-state index in [2.05, 4.69) is 22.2 Å². The molecule has 2 aromatic rings. The zero-order valence-electron chi connectivity index (χ0n) is 15.1. The standard InChI is InChI=1S/C20H20ClF2N3O2/c1-2-24-13-3-5-14(6-4-13)26-19(27)16-9-12(22)11-25-20(16)28-15-7-8-18(23)17(21)10-15/h2,7-11,13-14,24H,1,3-6H2,(H,26,27). The van der Waals surface area contributed by atoms with E-state index in [9.17, 15) is 13.6 Å². The van der Waals surface area contributed by atoms with E-state index in [4.69, 9.17) is 16.3 Å². The number of ether oxygens (including phenoxy) is 1. The predicted octanol–water partition coefficient (Wildman–Crippen LogP) is 4.58. The number of nitrogens with one attached hydrogen (secondary N) is 2. The van der Waals surface area contributed by atoms with Crippen molar-refractivity contribution in [1.29, 1.82) is 0 Å². The van der Waals surface area contributed by atoms with Crippen LogP contribution >= 0.6 is 11.6 Å². The van der Waals surface area contributed by atoms with Crippen LogP contribution in [0.25, 0.3) is 0 Å². The third-order valence-electron chi connectivity index (χ3n) is 4.58. The molecule has 148 valence electrons. The van der Waals surface area contributed by atoms with Gasteiger partial charge in [-0.25, -0.2) is 13.8 Å². The topological polar surface area (TPSA) is 63.2 Å². The Bertz CT molecular complexity index is 871. The van der Waals surface area contributed by atoms with Crippen molar-refractivity contribution < 1.29 is 18.3 Å². The number of hydrogen-bond acceptors (Lipinski definition) is 4. The molecule has 1 heterocycles. The molecule has 1 aliphatic carbocycles. The van der Waals surface area contributed by atoms with Crippen LogP contribution in [0.5, 0.6) is 11.6 Å². The van der Waals surface area contributed by atoms with Crippen molar-refractivity contribution in [2.24, 2.45) is 0 Å². The van der Waals surface area contributed by atoms with Gasteiger partial charge < -0.3 is 15.4 Å². The van der Waals surface area contributed by atoms with Crippen LogP contribution in [0.1, 0.15) is 36.0 Å². The Morgan fingerprint density at radius 1 is 1.21 bits per heavy atom. The molecule has 5 nitrogen and oxygen atoms in total. The fraction of sp³-hybridized carbons (Fsp3) is 0.300. The minimum absolute atomic E-state index is 0.0215. The molecular weight excluding hydrogens is 388 g/mol. The van der Waals surface area contributed by atoms with Crippen molar-refractivity contribution in [3.8, 4) is 11.6 Å². The third-order valence-corrected chi connectivity index (χ3v) is 4.87. The maximum atomic E-state index is 13.7. The maximum absolute atomic E-state index is 13.7. The second-order valence-electron chi connectivity index (χ2n) is 6.58. The summed E-state index contributed by atoms with van der Waals surface area (Å²) in [6, 6.07) is 5.14. The van der Waals surface area contributed by atoms with Crippen molar-refractivity contribution in [2.45, 2.75) is 37.8 Å². The maximum Gasteiger partial charge on any atom is 0.257 e. The quantitative estimate of drug-likeness (QED) is 0.735. The summed E-state index contributed by atoms with van der Waals surface area (Å²) in [6.45, 7) is 3.66. The summed E-state index contributed by atoms with van der Waals surface area (Å²) >= 11 is 5.74. The molecule has 0 bridgehead atoms. The molecule has 0 aliphatic heterocycles. The van der Waals surface area contributed by atoms with Crippen LogP contribution in [0.3, 0.4) is 0 Å². The lowest BCUT2D eigenvalue weighted by Crippen LogP contribution is -2.41. The van der Waals surface area contributed by atoms with E-state index in [-0.39, 0.29) is 28.3 Å². The summed E-state index contributed by atoms with van der Waals surface area (Å²) in [5, 5.41) is 5.95. The van der Waals surface area contributed by atoms with Crippen LogP contribution < -0.4 is 15.4 Å². The minimum atomic E-state index is -0.659. The molecule has 1 aromatic carbocycles. The predicted molar refractivity (Wildman–Crippen MR) is 103 cm³/mol. The SMILES string of the molecule is C=CNC1CCC(NC(=O)c2cc(F)cnc2Oc2ccc(F)c(Cl)c2)CC1. The molecule has 1 fully saturated rings. The van der Waals surface area contributed by atoms with E-state index in [0.29, 0.717) is 6.04 Å². The van der Waals surface area contributed by atoms with Gasteiger partial charge in [-0.05, 0) is 50.1 Å². The molecule has 3 rings (SSSR count). The van der Waals surface area contributed by atoms with E-state index >= 15 is 0 Å². The van der Waals surface area contributed by atoms with Gasteiger partial charge in [0.2, 0.25) is 5.88 Å². The van der Waals surface area contributed by atoms with E-state index in [1.807, 2.05) is 0 Å². The second-order valence-corrected chi connectivity index (χ2v) is 6.98. The molecule has 1 amide bonds. The summed E-state index contributed by atoms with van der Waals surface area (Å²) in [4.78, 5) is 16.5. The Morgan fingerprint density at radius 2 is 1.93 bits per heavy atom. The average Bonchev–Trinajstić information content (AvgIpc) is 2.68. The first-order chi connectivity index (χ1) is 13.5. The highest BCUT2D eigenvalue weighted by Crippen LogP contribution is 2.28. The van der Waals surface area contributed by atoms with E-state index in [1.165, 1.54) is 12.1 Å². The lowest BCUT2D eigenvalue weighted by atomic mass is 9.91. The first-order valence-electron chi connectivity index (χ1n) is 8.92. The highest BCUT2D eigenvalue weighted by atomic mass is 35.5. The number of benzene rings is 1. The Hall–Kier alpha value is -2.67. The Kier molecular flexibility index (Phi) is 6.46. The number of amides is 1. The summed E-state index contributed by atoms with van der Waals surface area (Å²) in [7, 11) is 0. The largest absolute Gasteiger partial charge is 0.438 e. The molecule has 0 radical (unpaired) electrons. The molecule has 1 aromatic heterocycles. The Balaban J connectivity index is 1.72. The molecule has 2 N–H and O–H groups in total. The Morgan fingerprint density at radius 3 is 2.61 bits per heavy atom. The summed E-state index contributed by atoms with van der Waals surface area (Å²) in [5.41, 5.74) is -0.0354. The molecule has 0 saturated heterocycles. The van der Waals surface area contributed by atoms with E-state index in [1.54, 1.807) is 6.20 Å². The summed E-state index contributed by atoms with van der Waals surface area (Å²) in [5.74, 6) is -1.62. The average molecular weight is 408 g/mol. The zero-order chi connectivity index (χ0) is 20.1. The van der Waals surface area contributed by atoms with Crippen molar-refractivity contribution in [1.82, 2.24) is 15.6 Å². The number of rotatable bonds is 6. The number of carbonyl (C=O) groups is 1. The van der Waals surface area contributed by atoms with Crippen LogP contribution in [0.2, 0.25) is 5.02 Å². The van der Waals surface area contributed by atoms with Gasteiger partial charge in [-0.1, -0.05) is 18.2 Å². The first kappa shape index (κ1) is 20.1. The normalized spacial score (nSPS) is 19.0. The van der Waals surface area contributed by atoms with Gasteiger partial charge in [0.05, 0.1) is 11.2 Å². The van der Waals surface area contributed by atoms with Gasteiger partial charge in [0.1, 0.15) is 22.9 Å². The summed E-state index contributed by atoms with van der Waals surface area (Å²) in [6.07, 6.45) is 6.01. The van der Waals surface area contributed by atoms with Gasteiger partial charge in [0.25, 0.3) is 5.91 Å². The van der Waals surface area contributed by atoms with Crippen molar-refractivity contribution in [3.63, 3.8) is 0 Å². The van der Waals surface area contributed by atoms with Gasteiger partial charge >= 0.3 is 0 Å². The van der Waals surface area contributed by atoms with Crippen LogP contribution in [0.4, 0.5) is 8.78 Å². The molecule has 0 unspecified atom stereocenters. The smallest absolute Gasteiger partial charge is 0.257 e. The fourth-order valence-corrected chi connectivity index (χ4v) is 3.33. The number of nitrogens with zero attached hydrogens (tertiary/aromatic N) is 1. The van der Waals surface area contributed by atoms with Crippen molar-refractivity contribution >= 4 is 17.5 Å². The molecule has 1 saturated carbocycles. The minimum Gasteiger partial charge on any atom is -0.438 e. The highest BCUT2D eigenvalue weighted by Gasteiger charge is 2.24. The molecular formula is C20H20ClF2N3O2. The Labute approximate surface area is 166 Å². The van der Waals surface area contributed by atoms with E-state index in [0.717, 1.165) is 44.0 Å². The number of hydrogen-bond donors (Lipinski definition) is 2. The molecule has 0 spiro atoms. The number of halogens is 3. The molecule has 28 heavy (non-hydrogen) atoms. The lowest BCUT2D eigenvalue weighted by molar-refractivity contribution is 0.0921. The summed E-state index contributed by atoms with van der Waals surface area (Å²) < 4.78 is 32.5. The number of aromatic nitrogens is 1. The van der Waals surface area contributed by atoms with Gasteiger partial charge in [0.15, 0.2) is 0 Å². The third kappa shape index (κ3) is 4.98. The van der Waals surface area contributed by atoms with Crippen molar-refractivity contribution in [3.05, 3.63) is 65.5 Å².